The van der Waals surface area contributed by atoms with Gasteiger partial charge in [0.25, 0.3) is 0 Å². The first-order valence-corrected chi connectivity index (χ1v) is 11.1. The Morgan fingerprint density at radius 3 is 2.70 bits per heavy atom. The molecule has 8 heteroatoms. The van der Waals surface area contributed by atoms with E-state index in [2.05, 4.69) is 15.1 Å². The number of thiazole rings is 1. The molecule has 3 heterocycles. The number of carbonyl (C=O) groups is 1. The first-order chi connectivity index (χ1) is 14.3. The van der Waals surface area contributed by atoms with Gasteiger partial charge in [0.05, 0.1) is 10.7 Å². The first kappa shape index (κ1) is 20.7. The highest BCUT2D eigenvalue weighted by atomic mass is 32.1. The van der Waals surface area contributed by atoms with E-state index in [1.807, 2.05) is 25.7 Å². The van der Waals surface area contributed by atoms with E-state index in [9.17, 15) is 9.18 Å². The molecule has 0 fully saturated rings. The molecule has 0 aliphatic carbocycles. The lowest BCUT2D eigenvalue weighted by molar-refractivity contribution is -0.132. The van der Waals surface area contributed by atoms with E-state index in [-0.39, 0.29) is 24.2 Å². The molecular weight excluding hydrogens is 401 g/mol. The van der Waals surface area contributed by atoms with Crippen molar-refractivity contribution in [2.75, 3.05) is 13.1 Å². The standard InChI is InChI=1S/C22H26FN5OS/c1-13(2)22-25-21(16-5-6-17(23)14(3)11-16)26-28(22)12-20(29)27-9-7-18-19(8-10-27)30-15(4)24-18/h5-6,11,13H,7-10,12H2,1-4H3. The molecule has 0 unspecified atom stereocenters. The van der Waals surface area contributed by atoms with Crippen molar-refractivity contribution in [3.05, 3.63) is 51.0 Å². The molecule has 3 aromatic rings. The van der Waals surface area contributed by atoms with Crippen molar-refractivity contribution in [1.82, 2.24) is 24.6 Å². The van der Waals surface area contributed by atoms with Gasteiger partial charge in [-0.1, -0.05) is 13.8 Å². The molecule has 6 nitrogen and oxygen atoms in total. The largest absolute Gasteiger partial charge is 0.340 e. The van der Waals surface area contributed by atoms with Crippen LogP contribution >= 0.6 is 11.3 Å². The smallest absolute Gasteiger partial charge is 0.244 e. The van der Waals surface area contributed by atoms with Crippen LogP contribution in [0.1, 0.15) is 46.7 Å². The molecule has 1 amide bonds. The van der Waals surface area contributed by atoms with E-state index < -0.39 is 0 Å². The van der Waals surface area contributed by atoms with Gasteiger partial charge in [-0.3, -0.25) is 4.79 Å². The molecule has 0 N–H and O–H groups in total. The summed E-state index contributed by atoms with van der Waals surface area (Å²) in [5.74, 6) is 1.18. The SMILES string of the molecule is Cc1nc2c(s1)CCN(C(=O)Cn1nc(-c3ccc(F)c(C)c3)nc1C(C)C)CC2. The van der Waals surface area contributed by atoms with Crippen LogP contribution in [0.3, 0.4) is 0 Å². The molecule has 0 spiro atoms. The zero-order valence-electron chi connectivity index (χ0n) is 17.8. The highest BCUT2D eigenvalue weighted by molar-refractivity contribution is 7.11. The quantitative estimate of drug-likeness (QED) is 0.633. The van der Waals surface area contributed by atoms with Crippen LogP contribution in [0.5, 0.6) is 0 Å². The van der Waals surface area contributed by atoms with Crippen LogP contribution < -0.4 is 0 Å². The molecule has 1 aliphatic heterocycles. The highest BCUT2D eigenvalue weighted by Crippen LogP contribution is 2.24. The molecule has 158 valence electrons. The first-order valence-electron chi connectivity index (χ1n) is 10.3. The molecular formula is C22H26FN5OS. The molecule has 30 heavy (non-hydrogen) atoms. The minimum absolute atomic E-state index is 0.0375. The Balaban J connectivity index is 1.53. The highest BCUT2D eigenvalue weighted by Gasteiger charge is 2.23. The van der Waals surface area contributed by atoms with Crippen LogP contribution in [0.2, 0.25) is 0 Å². The van der Waals surface area contributed by atoms with E-state index in [4.69, 9.17) is 0 Å². The summed E-state index contributed by atoms with van der Waals surface area (Å²) in [6.45, 7) is 9.33. The average molecular weight is 428 g/mol. The van der Waals surface area contributed by atoms with Gasteiger partial charge in [-0.05, 0) is 37.6 Å². The van der Waals surface area contributed by atoms with Gasteiger partial charge in [0.2, 0.25) is 5.91 Å². The molecule has 2 aromatic heterocycles. The zero-order valence-corrected chi connectivity index (χ0v) is 18.6. The maximum Gasteiger partial charge on any atom is 0.244 e. The van der Waals surface area contributed by atoms with Crippen LogP contribution in [-0.4, -0.2) is 43.6 Å². The fourth-order valence-electron chi connectivity index (χ4n) is 3.77. The lowest BCUT2D eigenvalue weighted by Gasteiger charge is -2.20. The Labute approximate surface area is 179 Å². The molecule has 0 atom stereocenters. The van der Waals surface area contributed by atoms with E-state index in [1.54, 1.807) is 35.1 Å². The molecule has 0 saturated carbocycles. The molecule has 0 saturated heterocycles. The van der Waals surface area contributed by atoms with Crippen LogP contribution in [0.25, 0.3) is 11.4 Å². The van der Waals surface area contributed by atoms with Crippen LogP contribution in [0.4, 0.5) is 4.39 Å². The summed E-state index contributed by atoms with van der Waals surface area (Å²) in [7, 11) is 0. The summed E-state index contributed by atoms with van der Waals surface area (Å²) in [6, 6.07) is 4.84. The second-order valence-electron chi connectivity index (χ2n) is 8.05. The zero-order chi connectivity index (χ0) is 21.4. The Kier molecular flexibility index (Phi) is 5.69. The summed E-state index contributed by atoms with van der Waals surface area (Å²) in [5.41, 5.74) is 2.43. The fraction of sp³-hybridized carbons (Fsp3) is 0.455. The summed E-state index contributed by atoms with van der Waals surface area (Å²) < 4.78 is 15.3. The Hall–Kier alpha value is -2.61. The maximum atomic E-state index is 13.6. The average Bonchev–Trinajstić information content (AvgIpc) is 3.21. The van der Waals surface area contributed by atoms with Crippen LogP contribution in [0.15, 0.2) is 18.2 Å². The molecule has 1 aromatic carbocycles. The van der Waals surface area contributed by atoms with E-state index in [0.29, 0.717) is 24.5 Å². The van der Waals surface area contributed by atoms with Crippen molar-refractivity contribution < 1.29 is 9.18 Å². The topological polar surface area (TPSA) is 63.9 Å². The van der Waals surface area contributed by atoms with Gasteiger partial charge in [0, 0.05) is 42.3 Å². The predicted molar refractivity (Wildman–Crippen MR) is 115 cm³/mol. The third-order valence-electron chi connectivity index (χ3n) is 5.38. The van der Waals surface area contributed by atoms with Gasteiger partial charge in [0.15, 0.2) is 5.82 Å². The predicted octanol–water partition coefficient (Wildman–Crippen LogP) is 3.91. The van der Waals surface area contributed by atoms with Crippen LogP contribution in [0, 0.1) is 19.7 Å². The van der Waals surface area contributed by atoms with E-state index in [1.165, 1.54) is 10.9 Å². The van der Waals surface area contributed by atoms with Crippen molar-refractivity contribution >= 4 is 17.2 Å². The van der Waals surface area contributed by atoms with Gasteiger partial charge in [-0.25, -0.2) is 19.0 Å². The fourth-order valence-corrected chi connectivity index (χ4v) is 4.74. The number of hydrogen-bond donors (Lipinski definition) is 0. The Morgan fingerprint density at radius 1 is 1.20 bits per heavy atom. The number of nitrogens with zero attached hydrogens (tertiary/aromatic N) is 5. The minimum atomic E-state index is -0.253. The van der Waals surface area contributed by atoms with E-state index >= 15 is 0 Å². The third kappa shape index (κ3) is 4.14. The van der Waals surface area contributed by atoms with Crippen molar-refractivity contribution in [1.29, 1.82) is 0 Å². The number of hydrogen-bond acceptors (Lipinski definition) is 5. The lowest BCUT2D eigenvalue weighted by Crippen LogP contribution is -2.36. The number of halogens is 1. The lowest BCUT2D eigenvalue weighted by atomic mass is 10.1. The number of rotatable bonds is 4. The molecule has 0 bridgehead atoms. The second-order valence-corrected chi connectivity index (χ2v) is 9.34. The van der Waals surface area contributed by atoms with Gasteiger partial charge in [0.1, 0.15) is 18.2 Å². The number of benzene rings is 1. The summed E-state index contributed by atoms with van der Waals surface area (Å²) in [4.78, 5) is 25.5. The van der Waals surface area contributed by atoms with Gasteiger partial charge < -0.3 is 4.90 Å². The van der Waals surface area contributed by atoms with Crippen molar-refractivity contribution in [2.45, 2.75) is 53.0 Å². The number of fused-ring (bicyclic) bond motifs is 1. The van der Waals surface area contributed by atoms with Crippen LogP contribution in [-0.2, 0) is 24.2 Å². The number of amides is 1. The second kappa shape index (κ2) is 8.26. The third-order valence-corrected chi connectivity index (χ3v) is 6.46. The van der Waals surface area contributed by atoms with Gasteiger partial charge in [-0.2, -0.15) is 5.10 Å². The summed E-state index contributed by atoms with van der Waals surface area (Å²) >= 11 is 1.73. The summed E-state index contributed by atoms with van der Waals surface area (Å²) in [6.07, 6.45) is 1.64. The van der Waals surface area contributed by atoms with Crippen molar-refractivity contribution in [3.63, 3.8) is 0 Å². The molecule has 4 rings (SSSR count). The van der Waals surface area contributed by atoms with Crippen molar-refractivity contribution in [3.8, 4) is 11.4 Å². The summed E-state index contributed by atoms with van der Waals surface area (Å²) in [5, 5.41) is 5.69. The van der Waals surface area contributed by atoms with E-state index in [0.717, 1.165) is 34.9 Å². The van der Waals surface area contributed by atoms with Crippen molar-refractivity contribution in [2.24, 2.45) is 0 Å². The van der Waals surface area contributed by atoms with Gasteiger partial charge in [-0.15, -0.1) is 11.3 Å². The molecule has 1 aliphatic rings. The number of aryl methyl sites for hydroxylation is 2. The van der Waals surface area contributed by atoms with Gasteiger partial charge >= 0.3 is 0 Å². The number of aromatic nitrogens is 4. The number of carbonyl (C=O) groups excluding carboxylic acids is 1. The Bertz CT molecular complexity index is 1060. The normalized spacial score (nSPS) is 14.1. The minimum Gasteiger partial charge on any atom is -0.340 e. The monoisotopic (exact) mass is 427 g/mol. The maximum absolute atomic E-state index is 13.6. The Morgan fingerprint density at radius 2 is 1.97 bits per heavy atom. The molecule has 0 radical (unpaired) electrons.